The summed E-state index contributed by atoms with van der Waals surface area (Å²) in [4.78, 5) is 2.47. The molecule has 3 nitrogen and oxygen atoms in total. The highest BCUT2D eigenvalue weighted by Gasteiger charge is 2.16. The molecule has 0 unspecified atom stereocenters. The Morgan fingerprint density at radius 2 is 1.80 bits per heavy atom. The minimum absolute atomic E-state index is 0.555. The number of hydrogen-bond donors (Lipinski definition) is 0. The van der Waals surface area contributed by atoms with Crippen molar-refractivity contribution >= 4 is 0 Å². The number of hydrogen-bond acceptors (Lipinski definition) is 3. The van der Waals surface area contributed by atoms with Crippen LogP contribution in [0.4, 0.5) is 0 Å². The minimum atomic E-state index is 0.555. The van der Waals surface area contributed by atoms with Gasteiger partial charge in [0.25, 0.3) is 0 Å². The van der Waals surface area contributed by atoms with Crippen LogP contribution in [0.2, 0.25) is 0 Å². The average molecular weight is 333 g/mol. The van der Waals surface area contributed by atoms with Gasteiger partial charge in [0.2, 0.25) is 0 Å². The smallest absolute Gasteiger partial charge is 0.120 e. The molecule has 0 N–H and O–H groups in total. The molecular weight excluding hydrogens is 310 g/mol. The standard InChI is InChI=1S/C22H23NO2/c1-24-21-7-2-4-17(14-21)16-25-22-9-8-18-10-12-23(20-5-3-6-20)13-11-19(18)15-22/h2-9,14-15H,10-13,16H2,1H3. The van der Waals surface area contributed by atoms with Crippen molar-refractivity contribution in [1.29, 1.82) is 0 Å². The van der Waals surface area contributed by atoms with Crippen LogP contribution in [0.3, 0.4) is 0 Å². The Labute approximate surface area is 149 Å². The summed E-state index contributed by atoms with van der Waals surface area (Å²) in [6, 6.07) is 14.5. The van der Waals surface area contributed by atoms with Crippen LogP contribution < -0.4 is 9.47 Å². The number of benzene rings is 2. The molecule has 0 bridgehead atoms. The Kier molecular flexibility index (Phi) is 4.47. The van der Waals surface area contributed by atoms with Gasteiger partial charge in [0.05, 0.1) is 7.11 Å². The Morgan fingerprint density at radius 3 is 2.56 bits per heavy atom. The van der Waals surface area contributed by atoms with Crippen LogP contribution in [0.15, 0.2) is 66.4 Å². The summed E-state index contributed by atoms with van der Waals surface area (Å²) in [6.45, 7) is 2.72. The van der Waals surface area contributed by atoms with E-state index in [0.717, 1.165) is 43.0 Å². The third kappa shape index (κ3) is 3.55. The van der Waals surface area contributed by atoms with Gasteiger partial charge in [0, 0.05) is 18.8 Å². The maximum Gasteiger partial charge on any atom is 0.120 e. The van der Waals surface area contributed by atoms with E-state index in [0.29, 0.717) is 6.61 Å². The summed E-state index contributed by atoms with van der Waals surface area (Å²) in [6.07, 6.45) is 8.66. The number of allylic oxidation sites excluding steroid dienone is 3. The van der Waals surface area contributed by atoms with Crippen LogP contribution in [-0.4, -0.2) is 25.1 Å². The zero-order valence-electron chi connectivity index (χ0n) is 14.6. The van der Waals surface area contributed by atoms with Crippen LogP contribution >= 0.6 is 0 Å². The van der Waals surface area contributed by atoms with Gasteiger partial charge in [-0.2, -0.15) is 0 Å². The van der Waals surface area contributed by atoms with Gasteiger partial charge in [-0.3, -0.25) is 0 Å². The SMILES string of the molecule is COc1cccc(COc2ccc3c(c2)CCN(C2=CC=C2)CC3)c1. The van der Waals surface area contributed by atoms with Gasteiger partial charge < -0.3 is 14.4 Å². The zero-order chi connectivity index (χ0) is 17.1. The Bertz CT molecular complexity index is 823. The van der Waals surface area contributed by atoms with Crippen LogP contribution in [0.25, 0.3) is 0 Å². The van der Waals surface area contributed by atoms with E-state index in [9.17, 15) is 0 Å². The Hall–Kier alpha value is -2.68. The molecule has 2 aliphatic rings. The van der Waals surface area contributed by atoms with Crippen molar-refractivity contribution in [3.63, 3.8) is 0 Å². The number of ether oxygens (including phenoxy) is 2. The Morgan fingerprint density at radius 1 is 0.960 bits per heavy atom. The van der Waals surface area contributed by atoms with Crippen molar-refractivity contribution in [3.05, 3.63) is 83.1 Å². The first-order chi connectivity index (χ1) is 12.3. The van der Waals surface area contributed by atoms with Crippen molar-refractivity contribution < 1.29 is 9.47 Å². The molecule has 0 atom stereocenters. The second-order valence-electron chi connectivity index (χ2n) is 6.51. The van der Waals surface area contributed by atoms with Gasteiger partial charge in [-0.05, 0) is 65.9 Å². The molecule has 25 heavy (non-hydrogen) atoms. The quantitative estimate of drug-likeness (QED) is 0.821. The predicted octanol–water partition coefficient (Wildman–Crippen LogP) is 4.13. The van der Waals surface area contributed by atoms with E-state index in [1.54, 1.807) is 7.11 Å². The van der Waals surface area contributed by atoms with E-state index in [1.807, 2.05) is 18.2 Å². The lowest BCUT2D eigenvalue weighted by atomic mass is 10.0. The first kappa shape index (κ1) is 15.8. The molecule has 1 aliphatic heterocycles. The summed E-state index contributed by atoms with van der Waals surface area (Å²) in [5.41, 5.74) is 5.33. The highest BCUT2D eigenvalue weighted by molar-refractivity contribution is 5.39. The minimum Gasteiger partial charge on any atom is -0.497 e. The fourth-order valence-electron chi connectivity index (χ4n) is 3.37. The topological polar surface area (TPSA) is 21.7 Å². The van der Waals surface area contributed by atoms with E-state index in [4.69, 9.17) is 9.47 Å². The summed E-state index contributed by atoms with van der Waals surface area (Å²) in [7, 11) is 1.69. The maximum atomic E-state index is 6.01. The van der Waals surface area contributed by atoms with Gasteiger partial charge in [0.1, 0.15) is 18.1 Å². The largest absolute Gasteiger partial charge is 0.497 e. The lowest BCUT2D eigenvalue weighted by Crippen LogP contribution is -2.26. The maximum absolute atomic E-state index is 6.01. The monoisotopic (exact) mass is 333 g/mol. The van der Waals surface area contributed by atoms with Crippen molar-refractivity contribution in [2.75, 3.05) is 20.2 Å². The average Bonchev–Trinajstić information content (AvgIpc) is 2.81. The zero-order valence-corrected chi connectivity index (χ0v) is 14.6. The van der Waals surface area contributed by atoms with Crippen molar-refractivity contribution in [3.8, 4) is 11.5 Å². The molecule has 128 valence electrons. The summed E-state index contributed by atoms with van der Waals surface area (Å²) >= 11 is 0. The summed E-state index contributed by atoms with van der Waals surface area (Å²) in [5.74, 6) is 1.81. The Balaban J connectivity index is 1.42. The normalized spacial score (nSPS) is 15.7. The molecule has 0 amide bonds. The number of rotatable bonds is 5. The van der Waals surface area contributed by atoms with E-state index in [-0.39, 0.29) is 0 Å². The first-order valence-electron chi connectivity index (χ1n) is 8.83. The predicted molar refractivity (Wildman–Crippen MR) is 100.0 cm³/mol. The molecule has 0 radical (unpaired) electrons. The van der Waals surface area contributed by atoms with Crippen LogP contribution in [0, 0.1) is 0 Å². The third-order valence-corrected chi connectivity index (χ3v) is 4.92. The fourth-order valence-corrected chi connectivity index (χ4v) is 3.37. The summed E-state index contributed by atoms with van der Waals surface area (Å²) in [5, 5.41) is 0. The van der Waals surface area contributed by atoms with E-state index < -0.39 is 0 Å². The second-order valence-corrected chi connectivity index (χ2v) is 6.51. The number of nitrogens with zero attached hydrogens (tertiary/aromatic N) is 1. The van der Waals surface area contributed by atoms with Gasteiger partial charge in [0.15, 0.2) is 0 Å². The second kappa shape index (κ2) is 7.06. The molecule has 1 aliphatic carbocycles. The van der Waals surface area contributed by atoms with Crippen LogP contribution in [-0.2, 0) is 19.4 Å². The number of methoxy groups -OCH3 is 1. The fraction of sp³-hybridized carbons (Fsp3) is 0.273. The lowest BCUT2D eigenvalue weighted by molar-refractivity contribution is 0.305. The van der Waals surface area contributed by atoms with Crippen molar-refractivity contribution in [2.24, 2.45) is 0 Å². The van der Waals surface area contributed by atoms with Crippen molar-refractivity contribution in [2.45, 2.75) is 19.4 Å². The highest BCUT2D eigenvalue weighted by atomic mass is 16.5. The van der Waals surface area contributed by atoms with Gasteiger partial charge in [-0.25, -0.2) is 0 Å². The molecule has 0 fully saturated rings. The summed E-state index contributed by atoms with van der Waals surface area (Å²) < 4.78 is 11.3. The molecule has 1 heterocycles. The van der Waals surface area contributed by atoms with E-state index in [1.165, 1.54) is 16.8 Å². The van der Waals surface area contributed by atoms with Crippen LogP contribution in [0.5, 0.6) is 11.5 Å². The van der Waals surface area contributed by atoms with Crippen LogP contribution in [0.1, 0.15) is 16.7 Å². The molecule has 2 aromatic rings. The van der Waals surface area contributed by atoms with Gasteiger partial charge >= 0.3 is 0 Å². The first-order valence-corrected chi connectivity index (χ1v) is 8.83. The molecule has 0 aromatic heterocycles. The van der Waals surface area contributed by atoms with E-state index >= 15 is 0 Å². The molecule has 0 spiro atoms. The van der Waals surface area contributed by atoms with Crippen molar-refractivity contribution in [1.82, 2.24) is 4.90 Å². The van der Waals surface area contributed by atoms with Gasteiger partial charge in [-0.15, -0.1) is 0 Å². The number of fused-ring (bicyclic) bond motifs is 1. The molecule has 2 aromatic carbocycles. The third-order valence-electron chi connectivity index (χ3n) is 4.92. The molecule has 3 heteroatoms. The highest BCUT2D eigenvalue weighted by Crippen LogP contribution is 2.25. The molecule has 0 saturated carbocycles. The molecular formula is C22H23NO2. The molecule has 4 rings (SSSR count). The van der Waals surface area contributed by atoms with E-state index in [2.05, 4.69) is 47.4 Å². The molecule has 0 saturated heterocycles. The van der Waals surface area contributed by atoms with Gasteiger partial charge in [-0.1, -0.05) is 24.3 Å². The lowest BCUT2D eigenvalue weighted by Gasteiger charge is -2.26.